The van der Waals surface area contributed by atoms with Crippen molar-refractivity contribution in [3.63, 3.8) is 0 Å². The standard InChI is InChI=1S/C20H22N2OS2.ClH/c21-16-8-9-17-15(12-16)2-1-3-18(17)22-19(23)13-4-6-14(7-5-13)20-24-10-11-25-20;/h4-9,12,18,20H,1-3,10-11,21H2,(H,22,23);1H. The van der Waals surface area contributed by atoms with Gasteiger partial charge in [-0.1, -0.05) is 18.2 Å². The first kappa shape index (κ1) is 19.5. The monoisotopic (exact) mass is 406 g/mol. The molecule has 0 aromatic heterocycles. The fourth-order valence-electron chi connectivity index (χ4n) is 3.57. The first-order valence-electron chi connectivity index (χ1n) is 8.73. The number of anilines is 1. The van der Waals surface area contributed by atoms with Crippen molar-refractivity contribution in [3.05, 3.63) is 64.7 Å². The molecule has 1 aliphatic heterocycles. The van der Waals surface area contributed by atoms with Crippen LogP contribution in [0.15, 0.2) is 42.5 Å². The summed E-state index contributed by atoms with van der Waals surface area (Å²) in [5, 5.41) is 3.21. The predicted molar refractivity (Wildman–Crippen MR) is 115 cm³/mol. The first-order chi connectivity index (χ1) is 12.2. The Morgan fingerprint density at radius 2 is 1.81 bits per heavy atom. The zero-order valence-electron chi connectivity index (χ0n) is 14.4. The number of benzene rings is 2. The van der Waals surface area contributed by atoms with Crippen molar-refractivity contribution in [3.8, 4) is 0 Å². The molecule has 26 heavy (non-hydrogen) atoms. The number of nitrogen functional groups attached to an aromatic ring is 1. The lowest BCUT2D eigenvalue weighted by molar-refractivity contribution is 0.0933. The number of halogens is 1. The second-order valence-corrected chi connectivity index (χ2v) is 9.30. The molecule has 1 aliphatic carbocycles. The molecule has 0 radical (unpaired) electrons. The van der Waals surface area contributed by atoms with Crippen LogP contribution in [0.25, 0.3) is 0 Å². The van der Waals surface area contributed by atoms with Gasteiger partial charge in [-0.15, -0.1) is 35.9 Å². The van der Waals surface area contributed by atoms with Crippen LogP contribution in [0.4, 0.5) is 5.69 Å². The largest absolute Gasteiger partial charge is 0.399 e. The molecule has 2 aliphatic rings. The Bertz CT molecular complexity index is 776. The van der Waals surface area contributed by atoms with Gasteiger partial charge in [-0.3, -0.25) is 4.79 Å². The van der Waals surface area contributed by atoms with E-state index >= 15 is 0 Å². The fourth-order valence-corrected chi connectivity index (χ4v) is 6.43. The molecule has 1 amide bonds. The molecule has 1 atom stereocenters. The van der Waals surface area contributed by atoms with Crippen molar-refractivity contribution in [2.45, 2.75) is 29.9 Å². The number of hydrogen-bond acceptors (Lipinski definition) is 4. The zero-order chi connectivity index (χ0) is 17.2. The van der Waals surface area contributed by atoms with Gasteiger partial charge in [0.1, 0.15) is 0 Å². The molecule has 1 heterocycles. The summed E-state index contributed by atoms with van der Waals surface area (Å²) < 4.78 is 0.521. The first-order valence-corrected chi connectivity index (χ1v) is 10.8. The van der Waals surface area contributed by atoms with Crippen molar-refractivity contribution in [1.29, 1.82) is 0 Å². The minimum atomic E-state index is 0. The molecule has 0 bridgehead atoms. The number of carbonyl (C=O) groups is 1. The molecular formula is C20H23ClN2OS2. The summed E-state index contributed by atoms with van der Waals surface area (Å²) in [6.07, 6.45) is 3.10. The van der Waals surface area contributed by atoms with Gasteiger partial charge < -0.3 is 11.1 Å². The van der Waals surface area contributed by atoms with Crippen LogP contribution < -0.4 is 11.1 Å². The minimum Gasteiger partial charge on any atom is -0.399 e. The summed E-state index contributed by atoms with van der Waals surface area (Å²) in [6, 6.07) is 14.2. The Balaban J connectivity index is 0.00000196. The molecule has 3 nitrogen and oxygen atoms in total. The van der Waals surface area contributed by atoms with Gasteiger partial charge in [0.2, 0.25) is 0 Å². The van der Waals surface area contributed by atoms with Crippen LogP contribution in [0.2, 0.25) is 0 Å². The smallest absolute Gasteiger partial charge is 0.251 e. The number of aryl methyl sites for hydroxylation is 1. The van der Waals surface area contributed by atoms with Crippen LogP contribution in [0.1, 0.15) is 50.5 Å². The highest BCUT2D eigenvalue weighted by atomic mass is 35.5. The van der Waals surface area contributed by atoms with Gasteiger partial charge in [0, 0.05) is 22.8 Å². The van der Waals surface area contributed by atoms with Crippen molar-refractivity contribution < 1.29 is 4.79 Å². The van der Waals surface area contributed by atoms with E-state index in [1.165, 1.54) is 28.2 Å². The maximum absolute atomic E-state index is 12.7. The lowest BCUT2D eigenvalue weighted by atomic mass is 9.87. The lowest BCUT2D eigenvalue weighted by Gasteiger charge is -2.26. The number of fused-ring (bicyclic) bond motifs is 1. The SMILES string of the molecule is Cl.Nc1ccc2c(c1)CCCC2NC(=O)c1ccc(C2SCCS2)cc1. The van der Waals surface area contributed by atoms with Crippen LogP contribution in [-0.4, -0.2) is 17.4 Å². The molecule has 3 N–H and O–H groups in total. The zero-order valence-corrected chi connectivity index (χ0v) is 16.9. The highest BCUT2D eigenvalue weighted by Crippen LogP contribution is 2.45. The van der Waals surface area contributed by atoms with E-state index < -0.39 is 0 Å². The van der Waals surface area contributed by atoms with E-state index in [4.69, 9.17) is 5.73 Å². The van der Waals surface area contributed by atoms with Gasteiger partial charge in [0.15, 0.2) is 0 Å². The predicted octanol–water partition coefficient (Wildman–Crippen LogP) is 4.98. The second-order valence-electron chi connectivity index (χ2n) is 6.57. The van der Waals surface area contributed by atoms with Crippen molar-refractivity contribution >= 4 is 47.5 Å². The minimum absolute atomic E-state index is 0. The van der Waals surface area contributed by atoms with Gasteiger partial charge in [0.05, 0.1) is 10.6 Å². The Labute approximate surface area is 169 Å². The lowest BCUT2D eigenvalue weighted by Crippen LogP contribution is -2.31. The average molecular weight is 407 g/mol. The summed E-state index contributed by atoms with van der Waals surface area (Å²) in [5.74, 6) is 2.43. The summed E-state index contributed by atoms with van der Waals surface area (Å²) in [6.45, 7) is 0. The molecule has 4 rings (SSSR count). The maximum Gasteiger partial charge on any atom is 0.251 e. The average Bonchev–Trinajstić information content (AvgIpc) is 3.16. The Morgan fingerprint density at radius 1 is 1.08 bits per heavy atom. The van der Waals surface area contributed by atoms with Gasteiger partial charge in [-0.25, -0.2) is 0 Å². The second kappa shape index (κ2) is 8.59. The number of amides is 1. The molecule has 1 fully saturated rings. The van der Waals surface area contributed by atoms with Crippen LogP contribution in [0, 0.1) is 0 Å². The molecule has 6 heteroatoms. The van der Waals surface area contributed by atoms with Gasteiger partial charge in [-0.2, -0.15) is 0 Å². The number of nitrogens with one attached hydrogen (secondary N) is 1. The van der Waals surface area contributed by atoms with E-state index in [1.807, 2.05) is 47.8 Å². The Morgan fingerprint density at radius 3 is 2.54 bits per heavy atom. The Kier molecular flexibility index (Phi) is 6.43. The van der Waals surface area contributed by atoms with E-state index in [-0.39, 0.29) is 24.4 Å². The fraction of sp³-hybridized carbons (Fsp3) is 0.350. The highest BCUT2D eigenvalue weighted by Gasteiger charge is 2.23. The van der Waals surface area contributed by atoms with Crippen molar-refractivity contribution in [1.82, 2.24) is 5.32 Å². The van der Waals surface area contributed by atoms with Gasteiger partial charge >= 0.3 is 0 Å². The number of thioether (sulfide) groups is 2. The quantitative estimate of drug-likeness (QED) is 0.706. The van der Waals surface area contributed by atoms with Crippen LogP contribution >= 0.6 is 35.9 Å². The van der Waals surface area contributed by atoms with E-state index in [2.05, 4.69) is 23.5 Å². The molecule has 0 saturated carbocycles. The third kappa shape index (κ3) is 4.16. The summed E-state index contributed by atoms with van der Waals surface area (Å²) in [5.41, 5.74) is 11.2. The third-order valence-corrected chi connectivity index (χ3v) is 7.96. The molecule has 0 spiro atoms. The van der Waals surface area contributed by atoms with Crippen LogP contribution in [0.3, 0.4) is 0 Å². The molecule has 2 aromatic rings. The third-order valence-electron chi connectivity index (χ3n) is 4.85. The molecule has 138 valence electrons. The van der Waals surface area contributed by atoms with Gasteiger partial charge in [0.25, 0.3) is 5.91 Å². The summed E-state index contributed by atoms with van der Waals surface area (Å²) in [7, 11) is 0. The Hall–Kier alpha value is -1.30. The van der Waals surface area contributed by atoms with Gasteiger partial charge in [-0.05, 0) is 60.2 Å². The van der Waals surface area contributed by atoms with Crippen molar-refractivity contribution in [2.24, 2.45) is 0 Å². The number of rotatable bonds is 3. The number of hydrogen-bond donors (Lipinski definition) is 2. The summed E-state index contributed by atoms with van der Waals surface area (Å²) >= 11 is 3.97. The van der Waals surface area contributed by atoms with Crippen LogP contribution in [-0.2, 0) is 6.42 Å². The van der Waals surface area contributed by atoms with Crippen molar-refractivity contribution in [2.75, 3.05) is 17.2 Å². The topological polar surface area (TPSA) is 55.1 Å². The normalized spacial score (nSPS) is 19.5. The molecule has 1 saturated heterocycles. The highest BCUT2D eigenvalue weighted by molar-refractivity contribution is 8.19. The molecule has 1 unspecified atom stereocenters. The summed E-state index contributed by atoms with van der Waals surface area (Å²) in [4.78, 5) is 12.7. The maximum atomic E-state index is 12.7. The number of nitrogens with two attached hydrogens (primary N) is 1. The molecular weight excluding hydrogens is 384 g/mol. The van der Waals surface area contributed by atoms with E-state index in [0.29, 0.717) is 4.58 Å². The number of carbonyl (C=O) groups excluding carboxylic acids is 1. The van der Waals surface area contributed by atoms with E-state index in [0.717, 1.165) is 30.5 Å². The van der Waals surface area contributed by atoms with E-state index in [9.17, 15) is 4.79 Å². The van der Waals surface area contributed by atoms with Crippen LogP contribution in [0.5, 0.6) is 0 Å². The van der Waals surface area contributed by atoms with E-state index in [1.54, 1.807) is 0 Å². The molecule has 2 aromatic carbocycles.